The van der Waals surface area contributed by atoms with Crippen LogP contribution in [0.5, 0.6) is 10.8 Å². The standard InChI is InChI=1S/C20H23N3OS/c1-22-10-12-23(13-11-22)19-18-14-6-2-5-9-17(14)25-20(18)24-16-8-4-3-7-15(16)21-19/h3-4,7-8H,2,5-6,9-13H2,1H3. The van der Waals surface area contributed by atoms with Crippen molar-refractivity contribution < 1.29 is 4.74 Å². The predicted octanol–water partition coefficient (Wildman–Crippen LogP) is 4.06. The van der Waals surface area contributed by atoms with Gasteiger partial charge in [-0.3, -0.25) is 0 Å². The first kappa shape index (κ1) is 15.4. The van der Waals surface area contributed by atoms with Crippen LogP contribution < -0.4 is 4.74 Å². The average Bonchev–Trinajstić information content (AvgIpc) is 2.91. The summed E-state index contributed by atoms with van der Waals surface area (Å²) in [4.78, 5) is 11.5. The van der Waals surface area contributed by atoms with Crippen molar-refractivity contribution in [2.24, 2.45) is 4.99 Å². The van der Waals surface area contributed by atoms with Crippen LogP contribution in [0.15, 0.2) is 29.3 Å². The second kappa shape index (κ2) is 6.15. The Hall–Kier alpha value is -1.85. The lowest BCUT2D eigenvalue weighted by Crippen LogP contribution is -2.47. The summed E-state index contributed by atoms with van der Waals surface area (Å²) in [5.74, 6) is 2.01. The molecule has 2 aromatic rings. The molecule has 1 aromatic heterocycles. The number of aryl methyl sites for hydroxylation is 1. The minimum atomic E-state index is 0.881. The van der Waals surface area contributed by atoms with Crippen molar-refractivity contribution in [3.8, 4) is 10.8 Å². The maximum atomic E-state index is 6.36. The Bertz CT molecular complexity index is 833. The number of para-hydroxylation sites is 2. The number of nitrogens with zero attached hydrogens (tertiary/aromatic N) is 3. The highest BCUT2D eigenvalue weighted by atomic mass is 32.1. The Kier molecular flexibility index (Phi) is 3.79. The molecule has 3 aliphatic rings. The zero-order valence-corrected chi connectivity index (χ0v) is 15.4. The highest BCUT2D eigenvalue weighted by Crippen LogP contribution is 2.46. The van der Waals surface area contributed by atoms with Gasteiger partial charge in [-0.1, -0.05) is 12.1 Å². The van der Waals surface area contributed by atoms with Crippen LogP contribution in [0.25, 0.3) is 0 Å². The first-order chi connectivity index (χ1) is 12.3. The lowest BCUT2D eigenvalue weighted by molar-refractivity contribution is 0.215. The smallest absolute Gasteiger partial charge is 0.192 e. The Balaban J connectivity index is 1.66. The number of fused-ring (bicyclic) bond motifs is 4. The summed E-state index contributed by atoms with van der Waals surface area (Å²) in [5.41, 5.74) is 3.72. The van der Waals surface area contributed by atoms with E-state index in [1.807, 2.05) is 29.5 Å². The molecule has 130 valence electrons. The third-order valence-corrected chi connectivity index (χ3v) is 6.63. The van der Waals surface area contributed by atoms with E-state index in [9.17, 15) is 0 Å². The van der Waals surface area contributed by atoms with E-state index in [0.717, 1.165) is 54.9 Å². The van der Waals surface area contributed by atoms with Crippen LogP contribution in [0.3, 0.4) is 0 Å². The largest absolute Gasteiger partial charge is 0.444 e. The number of piperazine rings is 1. The van der Waals surface area contributed by atoms with Crippen molar-refractivity contribution in [3.05, 3.63) is 40.3 Å². The lowest BCUT2D eigenvalue weighted by Gasteiger charge is -2.34. The Morgan fingerprint density at radius 3 is 2.72 bits per heavy atom. The topological polar surface area (TPSA) is 28.1 Å². The summed E-state index contributed by atoms with van der Waals surface area (Å²) in [6.45, 7) is 4.23. The van der Waals surface area contributed by atoms with E-state index < -0.39 is 0 Å². The summed E-state index contributed by atoms with van der Waals surface area (Å²) in [5, 5.41) is 1.05. The first-order valence-electron chi connectivity index (χ1n) is 9.23. The van der Waals surface area contributed by atoms with E-state index >= 15 is 0 Å². The van der Waals surface area contributed by atoms with Gasteiger partial charge in [0.05, 0.1) is 5.56 Å². The second-order valence-corrected chi connectivity index (χ2v) is 8.24. The Labute approximate surface area is 152 Å². The fourth-order valence-electron chi connectivity index (χ4n) is 3.99. The molecule has 0 radical (unpaired) electrons. The van der Waals surface area contributed by atoms with Crippen molar-refractivity contribution in [2.75, 3.05) is 33.2 Å². The van der Waals surface area contributed by atoms with Crippen LogP contribution in [0.1, 0.15) is 28.8 Å². The molecule has 1 fully saturated rings. The molecule has 5 heteroatoms. The molecule has 0 spiro atoms. The summed E-state index contributed by atoms with van der Waals surface area (Å²) in [7, 11) is 2.20. The molecule has 0 amide bonds. The maximum absolute atomic E-state index is 6.36. The number of benzene rings is 1. The molecule has 0 unspecified atom stereocenters. The van der Waals surface area contributed by atoms with Gasteiger partial charge >= 0.3 is 0 Å². The molecule has 25 heavy (non-hydrogen) atoms. The van der Waals surface area contributed by atoms with Crippen molar-refractivity contribution in [2.45, 2.75) is 25.7 Å². The minimum Gasteiger partial charge on any atom is -0.444 e. The van der Waals surface area contributed by atoms with Gasteiger partial charge in [0.2, 0.25) is 0 Å². The second-order valence-electron chi connectivity index (χ2n) is 7.17. The SMILES string of the molecule is CN1CCN(C2=Nc3ccccc3Oc3sc4c(c32)CCCC4)CC1. The van der Waals surface area contributed by atoms with Gasteiger partial charge in [0.1, 0.15) is 11.5 Å². The third-order valence-electron chi connectivity index (χ3n) is 5.46. The maximum Gasteiger partial charge on any atom is 0.192 e. The van der Waals surface area contributed by atoms with Gasteiger partial charge in [-0.15, -0.1) is 11.3 Å². The molecule has 0 N–H and O–H groups in total. The molecule has 3 heterocycles. The van der Waals surface area contributed by atoms with Gasteiger partial charge in [0.15, 0.2) is 10.8 Å². The fraction of sp³-hybridized carbons (Fsp3) is 0.450. The quantitative estimate of drug-likeness (QED) is 0.715. The average molecular weight is 353 g/mol. The van der Waals surface area contributed by atoms with Crippen molar-refractivity contribution >= 4 is 22.9 Å². The number of likely N-dealkylation sites (N-methyl/N-ethyl adjacent to an activating group) is 1. The zero-order valence-electron chi connectivity index (χ0n) is 14.6. The van der Waals surface area contributed by atoms with Gasteiger partial charge in [0.25, 0.3) is 0 Å². The van der Waals surface area contributed by atoms with Crippen LogP contribution in [0.4, 0.5) is 5.69 Å². The van der Waals surface area contributed by atoms with Gasteiger partial charge in [-0.25, -0.2) is 4.99 Å². The van der Waals surface area contributed by atoms with Crippen molar-refractivity contribution in [3.63, 3.8) is 0 Å². The van der Waals surface area contributed by atoms with E-state index in [1.54, 1.807) is 0 Å². The molecule has 1 aliphatic carbocycles. The fourth-order valence-corrected chi connectivity index (χ4v) is 5.24. The molecular weight excluding hydrogens is 330 g/mol. The van der Waals surface area contributed by atoms with Gasteiger partial charge < -0.3 is 14.5 Å². The highest BCUT2D eigenvalue weighted by molar-refractivity contribution is 7.14. The van der Waals surface area contributed by atoms with Crippen LogP contribution in [0.2, 0.25) is 0 Å². The minimum absolute atomic E-state index is 0.881. The molecular formula is C20H23N3OS. The Morgan fingerprint density at radius 1 is 1.04 bits per heavy atom. The predicted molar refractivity (Wildman–Crippen MR) is 103 cm³/mol. The van der Waals surface area contributed by atoms with E-state index in [0.29, 0.717) is 0 Å². The third kappa shape index (κ3) is 2.66. The summed E-state index contributed by atoms with van der Waals surface area (Å²) in [6.07, 6.45) is 4.92. The van der Waals surface area contributed by atoms with Crippen LogP contribution in [-0.2, 0) is 12.8 Å². The number of hydrogen-bond acceptors (Lipinski definition) is 5. The monoisotopic (exact) mass is 353 g/mol. The lowest BCUT2D eigenvalue weighted by atomic mass is 9.95. The van der Waals surface area contributed by atoms with E-state index in [2.05, 4.69) is 22.9 Å². The summed E-state index contributed by atoms with van der Waals surface area (Å²) >= 11 is 1.84. The van der Waals surface area contributed by atoms with E-state index in [-0.39, 0.29) is 0 Å². The highest BCUT2D eigenvalue weighted by Gasteiger charge is 2.31. The van der Waals surface area contributed by atoms with Gasteiger partial charge in [0, 0.05) is 31.1 Å². The van der Waals surface area contributed by atoms with Gasteiger partial charge in [-0.05, 0) is 50.4 Å². The number of aliphatic imine (C=N–C) groups is 1. The summed E-state index contributed by atoms with van der Waals surface area (Å²) in [6, 6.07) is 8.17. The van der Waals surface area contributed by atoms with Crippen molar-refractivity contribution in [1.82, 2.24) is 9.80 Å². The number of ether oxygens (including phenoxy) is 1. The van der Waals surface area contributed by atoms with E-state index in [1.165, 1.54) is 35.3 Å². The van der Waals surface area contributed by atoms with Crippen LogP contribution in [-0.4, -0.2) is 48.9 Å². The Morgan fingerprint density at radius 2 is 1.84 bits per heavy atom. The molecule has 1 aromatic carbocycles. The molecule has 0 atom stereocenters. The molecule has 2 aliphatic heterocycles. The number of hydrogen-bond donors (Lipinski definition) is 0. The van der Waals surface area contributed by atoms with Gasteiger partial charge in [-0.2, -0.15) is 0 Å². The zero-order chi connectivity index (χ0) is 16.8. The molecule has 5 rings (SSSR count). The van der Waals surface area contributed by atoms with E-state index in [4.69, 9.17) is 9.73 Å². The first-order valence-corrected chi connectivity index (χ1v) is 10.1. The summed E-state index contributed by atoms with van der Waals surface area (Å²) < 4.78 is 6.36. The molecule has 0 bridgehead atoms. The number of rotatable bonds is 0. The molecule has 0 saturated carbocycles. The normalized spacial score (nSPS) is 20.0. The van der Waals surface area contributed by atoms with Crippen molar-refractivity contribution in [1.29, 1.82) is 0 Å². The molecule has 1 saturated heterocycles. The van der Waals surface area contributed by atoms with Crippen LogP contribution >= 0.6 is 11.3 Å². The van der Waals surface area contributed by atoms with Crippen LogP contribution in [0, 0.1) is 0 Å². The molecule has 4 nitrogen and oxygen atoms in total. The number of thiophene rings is 1. The number of amidine groups is 1.